The van der Waals surface area contributed by atoms with Gasteiger partial charge in [-0.1, -0.05) is 41.9 Å². The fourth-order valence-electron chi connectivity index (χ4n) is 3.68. The molecule has 1 fully saturated rings. The molecular formula is C22H24ClF2N5O2S. The number of aromatic nitrogens is 2. The van der Waals surface area contributed by atoms with Crippen molar-refractivity contribution in [3.8, 4) is 16.9 Å². The lowest BCUT2D eigenvalue weighted by Crippen LogP contribution is -2.50. The van der Waals surface area contributed by atoms with E-state index in [9.17, 15) is 17.2 Å². The van der Waals surface area contributed by atoms with E-state index in [1.165, 1.54) is 0 Å². The van der Waals surface area contributed by atoms with Crippen molar-refractivity contribution in [3.63, 3.8) is 0 Å². The molecule has 3 aromatic rings. The Morgan fingerprint density at radius 1 is 1.06 bits per heavy atom. The second-order valence-electron chi connectivity index (χ2n) is 7.81. The van der Waals surface area contributed by atoms with E-state index in [1.807, 2.05) is 42.5 Å². The summed E-state index contributed by atoms with van der Waals surface area (Å²) in [6.45, 7) is -0.486. The molecule has 11 heteroatoms. The molecule has 2 aromatic carbocycles. The summed E-state index contributed by atoms with van der Waals surface area (Å²) in [6, 6.07) is 18.5. The highest BCUT2D eigenvalue weighted by molar-refractivity contribution is 7.87. The first kappa shape index (κ1) is 23.8. The molecule has 7 nitrogen and oxygen atoms in total. The van der Waals surface area contributed by atoms with Crippen molar-refractivity contribution in [2.24, 2.45) is 0 Å². The standard InChI is InChI=1S/C22H24ClF2N5O2S/c1-26-21(28-33(31,32)29-13-11-22(24,25)12-14-29)19-15-20(16-5-3-2-4-6-16)30(27-19)18-9-7-17(23)8-10-18/h2-10,15,21,26,28H,11-14H2,1H3. The van der Waals surface area contributed by atoms with E-state index in [0.717, 1.165) is 21.2 Å². The first-order valence-corrected chi connectivity index (χ1v) is 12.2. The average molecular weight is 496 g/mol. The maximum atomic E-state index is 13.5. The summed E-state index contributed by atoms with van der Waals surface area (Å²) >= 11 is 6.03. The van der Waals surface area contributed by atoms with Crippen molar-refractivity contribution in [3.05, 3.63) is 71.4 Å². The molecule has 1 aromatic heterocycles. The summed E-state index contributed by atoms with van der Waals surface area (Å²) in [5.74, 6) is -2.84. The quantitative estimate of drug-likeness (QED) is 0.486. The fraction of sp³-hybridized carbons (Fsp3) is 0.318. The summed E-state index contributed by atoms with van der Waals surface area (Å²) in [7, 11) is -2.41. The number of hydrogen-bond donors (Lipinski definition) is 2. The van der Waals surface area contributed by atoms with Crippen molar-refractivity contribution >= 4 is 21.8 Å². The number of nitrogens with one attached hydrogen (secondary N) is 2. The highest BCUT2D eigenvalue weighted by atomic mass is 35.5. The molecule has 1 aliphatic heterocycles. The topological polar surface area (TPSA) is 79.3 Å². The van der Waals surface area contributed by atoms with Crippen LogP contribution in [0.4, 0.5) is 8.78 Å². The van der Waals surface area contributed by atoms with Gasteiger partial charge in [0.2, 0.25) is 0 Å². The van der Waals surface area contributed by atoms with Gasteiger partial charge in [0.1, 0.15) is 6.17 Å². The molecule has 0 spiro atoms. The first-order valence-electron chi connectivity index (χ1n) is 10.4. The van der Waals surface area contributed by atoms with Gasteiger partial charge in [-0.2, -0.15) is 22.5 Å². The minimum Gasteiger partial charge on any atom is -0.299 e. The normalized spacial score (nSPS) is 17.7. The number of nitrogens with zero attached hydrogens (tertiary/aromatic N) is 3. The Morgan fingerprint density at radius 2 is 1.70 bits per heavy atom. The third kappa shape index (κ3) is 5.42. The molecule has 1 atom stereocenters. The van der Waals surface area contributed by atoms with Crippen molar-refractivity contribution in [2.75, 3.05) is 20.1 Å². The van der Waals surface area contributed by atoms with Crippen LogP contribution in [0.25, 0.3) is 16.9 Å². The SMILES string of the molecule is CNC(NS(=O)(=O)N1CCC(F)(F)CC1)c1cc(-c2ccccc2)n(-c2ccc(Cl)cc2)n1. The molecule has 1 saturated heterocycles. The Kier molecular flexibility index (Phi) is 6.83. The molecular weight excluding hydrogens is 472 g/mol. The smallest absolute Gasteiger partial charge is 0.281 e. The fourth-order valence-corrected chi connectivity index (χ4v) is 5.15. The van der Waals surface area contributed by atoms with Crippen molar-refractivity contribution < 1.29 is 17.2 Å². The van der Waals surface area contributed by atoms with Crippen LogP contribution in [0.5, 0.6) is 0 Å². The average Bonchev–Trinajstić information content (AvgIpc) is 3.23. The maximum Gasteiger partial charge on any atom is 0.281 e. The Balaban J connectivity index is 1.66. The molecule has 4 rings (SSSR count). The molecule has 0 saturated carbocycles. The monoisotopic (exact) mass is 495 g/mol. The number of benzene rings is 2. The summed E-state index contributed by atoms with van der Waals surface area (Å²) in [4.78, 5) is 0. The molecule has 2 N–H and O–H groups in total. The number of piperidine rings is 1. The number of rotatable bonds is 7. The van der Waals surface area contributed by atoms with Crippen LogP contribution >= 0.6 is 11.6 Å². The minimum atomic E-state index is -4.01. The van der Waals surface area contributed by atoms with Gasteiger partial charge in [-0.05, 0) is 37.4 Å². The van der Waals surface area contributed by atoms with Gasteiger partial charge in [0.15, 0.2) is 0 Å². The van der Waals surface area contributed by atoms with Gasteiger partial charge >= 0.3 is 0 Å². The summed E-state index contributed by atoms with van der Waals surface area (Å²) in [5.41, 5.74) is 2.82. The maximum absolute atomic E-state index is 13.5. The van der Waals surface area contributed by atoms with E-state index < -0.39 is 35.1 Å². The van der Waals surface area contributed by atoms with E-state index in [4.69, 9.17) is 11.6 Å². The van der Waals surface area contributed by atoms with Crippen molar-refractivity contribution in [1.29, 1.82) is 0 Å². The second kappa shape index (κ2) is 9.47. The molecule has 1 aliphatic rings. The van der Waals surface area contributed by atoms with Crippen LogP contribution in [0, 0.1) is 0 Å². The van der Waals surface area contributed by atoms with E-state index in [-0.39, 0.29) is 13.1 Å². The van der Waals surface area contributed by atoms with Gasteiger partial charge in [0.05, 0.1) is 17.1 Å². The molecule has 176 valence electrons. The van der Waals surface area contributed by atoms with Crippen molar-refractivity contribution in [1.82, 2.24) is 24.1 Å². The van der Waals surface area contributed by atoms with Gasteiger partial charge < -0.3 is 0 Å². The zero-order chi connectivity index (χ0) is 23.6. The Labute approximate surface area is 196 Å². The lowest BCUT2D eigenvalue weighted by Gasteiger charge is -2.31. The number of alkyl halides is 2. The molecule has 0 bridgehead atoms. The van der Waals surface area contributed by atoms with E-state index in [1.54, 1.807) is 29.9 Å². The molecule has 0 aliphatic carbocycles. The summed E-state index contributed by atoms with van der Waals surface area (Å²) in [6.07, 6.45) is -1.86. The van der Waals surface area contributed by atoms with E-state index >= 15 is 0 Å². The largest absolute Gasteiger partial charge is 0.299 e. The molecule has 0 amide bonds. The lowest BCUT2D eigenvalue weighted by atomic mass is 10.1. The first-order chi connectivity index (χ1) is 15.7. The summed E-state index contributed by atoms with van der Waals surface area (Å²) < 4.78 is 58.0. The summed E-state index contributed by atoms with van der Waals surface area (Å²) in [5, 5.41) is 8.16. The molecule has 2 heterocycles. The van der Waals surface area contributed by atoms with Crippen LogP contribution in [-0.2, 0) is 10.2 Å². The van der Waals surface area contributed by atoms with Crippen LogP contribution in [-0.4, -0.2) is 48.6 Å². The predicted molar refractivity (Wildman–Crippen MR) is 124 cm³/mol. The second-order valence-corrected chi connectivity index (χ2v) is 9.95. The van der Waals surface area contributed by atoms with Gasteiger partial charge in [0.25, 0.3) is 16.1 Å². The molecule has 0 radical (unpaired) electrons. The lowest BCUT2D eigenvalue weighted by molar-refractivity contribution is -0.0414. The van der Waals surface area contributed by atoms with E-state index in [0.29, 0.717) is 10.7 Å². The highest BCUT2D eigenvalue weighted by Crippen LogP contribution is 2.30. The van der Waals surface area contributed by atoms with Crippen LogP contribution in [0.1, 0.15) is 24.7 Å². The van der Waals surface area contributed by atoms with Gasteiger partial charge in [-0.25, -0.2) is 13.5 Å². The predicted octanol–water partition coefficient (Wildman–Crippen LogP) is 3.98. The molecule has 1 unspecified atom stereocenters. The Bertz CT molecular complexity index is 1190. The van der Waals surface area contributed by atoms with Crippen LogP contribution in [0.15, 0.2) is 60.7 Å². The highest BCUT2D eigenvalue weighted by Gasteiger charge is 2.39. The van der Waals surface area contributed by atoms with Crippen LogP contribution < -0.4 is 10.0 Å². The third-order valence-corrected chi connectivity index (χ3v) is 7.34. The van der Waals surface area contributed by atoms with E-state index in [2.05, 4.69) is 15.1 Å². The number of hydrogen-bond acceptors (Lipinski definition) is 4. The number of halogens is 3. The van der Waals surface area contributed by atoms with Gasteiger partial charge in [0, 0.05) is 36.5 Å². The van der Waals surface area contributed by atoms with Crippen LogP contribution in [0.2, 0.25) is 5.02 Å². The van der Waals surface area contributed by atoms with Gasteiger partial charge in [-0.15, -0.1) is 0 Å². The molecule has 33 heavy (non-hydrogen) atoms. The van der Waals surface area contributed by atoms with Crippen LogP contribution in [0.3, 0.4) is 0 Å². The Hall–Kier alpha value is -2.37. The Morgan fingerprint density at radius 3 is 2.30 bits per heavy atom. The van der Waals surface area contributed by atoms with Crippen molar-refractivity contribution in [2.45, 2.75) is 24.9 Å². The zero-order valence-corrected chi connectivity index (χ0v) is 19.5. The third-order valence-electron chi connectivity index (χ3n) is 5.51. The zero-order valence-electron chi connectivity index (χ0n) is 17.9. The van der Waals surface area contributed by atoms with Gasteiger partial charge in [-0.3, -0.25) is 5.32 Å². The minimum absolute atomic E-state index is 0.243.